The molecule has 0 amide bonds. The smallest absolute Gasteiger partial charge is 0.138 e. The minimum Gasteiger partial charge on any atom is -0.372 e. The van der Waals surface area contributed by atoms with Crippen LogP contribution in [0.25, 0.3) is 65.9 Å². The van der Waals surface area contributed by atoms with Gasteiger partial charge in [0.25, 0.3) is 0 Å². The average Bonchev–Trinajstić information content (AvgIpc) is 3.72. The normalized spacial score (nSPS) is 15.3. The molecule has 0 aliphatic carbocycles. The summed E-state index contributed by atoms with van der Waals surface area (Å²) in [6.07, 6.45) is 7.64. The Kier molecular flexibility index (Phi) is 6.52. The van der Waals surface area contributed by atoms with Crippen LogP contribution in [0.1, 0.15) is 11.9 Å². The molecule has 0 radical (unpaired) electrons. The third-order valence-corrected chi connectivity index (χ3v) is 9.44. The Morgan fingerprint density at radius 2 is 1.36 bits per heavy atom. The summed E-state index contributed by atoms with van der Waals surface area (Å²) in [6.45, 7) is 0. The van der Waals surface area contributed by atoms with E-state index in [0.717, 1.165) is 38.8 Å². The minimum atomic E-state index is -0.507. The van der Waals surface area contributed by atoms with Crippen LogP contribution < -0.4 is 16.4 Å². The van der Waals surface area contributed by atoms with Crippen molar-refractivity contribution < 1.29 is 0 Å². The van der Waals surface area contributed by atoms with Crippen LogP contribution in [-0.4, -0.2) is 15.3 Å². The summed E-state index contributed by atoms with van der Waals surface area (Å²) in [7, 11) is 0. The zero-order valence-corrected chi connectivity index (χ0v) is 25.7. The van der Waals surface area contributed by atoms with Gasteiger partial charge in [-0.15, -0.1) is 0 Å². The summed E-state index contributed by atoms with van der Waals surface area (Å²) in [5, 5.41) is 13.3. The van der Waals surface area contributed by atoms with Crippen LogP contribution >= 0.6 is 0 Å². The summed E-state index contributed by atoms with van der Waals surface area (Å²) < 4.78 is 4.49. The predicted octanol–water partition coefficient (Wildman–Crippen LogP) is 9.09. The minimum absolute atomic E-state index is 0.189. The molecule has 2 unspecified atom stereocenters. The van der Waals surface area contributed by atoms with Crippen molar-refractivity contribution in [1.82, 2.24) is 19.8 Å². The van der Waals surface area contributed by atoms with Crippen LogP contribution in [0, 0.1) is 0 Å². The second-order valence-electron chi connectivity index (χ2n) is 12.1. The van der Waals surface area contributed by atoms with Gasteiger partial charge in [0.1, 0.15) is 12.5 Å². The summed E-state index contributed by atoms with van der Waals surface area (Å²) in [4.78, 5) is 0. The highest BCUT2D eigenvalue weighted by atomic mass is 15.3. The number of dihydropyridines is 1. The molecule has 0 saturated heterocycles. The van der Waals surface area contributed by atoms with Gasteiger partial charge in [-0.2, -0.15) is 0 Å². The van der Waals surface area contributed by atoms with Crippen LogP contribution in [-0.2, 0) is 0 Å². The monoisotopic (exact) mass is 607 g/mol. The number of aromatic nitrogens is 2. The van der Waals surface area contributed by atoms with Crippen LogP contribution in [0.2, 0.25) is 0 Å². The third kappa shape index (κ3) is 4.64. The van der Waals surface area contributed by atoms with Gasteiger partial charge < -0.3 is 14.5 Å². The molecule has 0 saturated carbocycles. The third-order valence-electron chi connectivity index (χ3n) is 9.44. The number of fused-ring (bicyclic) bond motifs is 6. The van der Waals surface area contributed by atoms with Crippen LogP contribution in [0.4, 0.5) is 0 Å². The van der Waals surface area contributed by atoms with Crippen LogP contribution in [0.15, 0.2) is 164 Å². The number of nitrogens with one attached hydrogen (secondary N) is 2. The Labute approximate surface area is 272 Å². The Balaban J connectivity index is 1.07. The largest absolute Gasteiger partial charge is 0.372 e. The molecule has 1 aliphatic rings. The number of hydrogen-bond acceptors (Lipinski definition) is 3. The number of hydrogen-bond donors (Lipinski definition) is 3. The van der Waals surface area contributed by atoms with Crippen molar-refractivity contribution in [3.8, 4) is 16.8 Å². The fourth-order valence-electron chi connectivity index (χ4n) is 7.17. The standard InChI is InChI=1S/C42H33N5/c43-42(45-41-34(14-8-25-44-41)30-19-16-29(17-20-30)32-21-18-28-9-4-5-10-31(28)27-32)47-39-15-7-6-13-35(39)36-22-23-38-37(40(36)47)24-26-46(38)33-11-2-1-3-12-33/h1-27,41-42,44-45H,43H2. The topological polar surface area (TPSA) is 59.9 Å². The number of para-hydroxylation sites is 2. The molecule has 5 nitrogen and oxygen atoms in total. The molecule has 2 aromatic heterocycles. The molecular weight excluding hydrogens is 574 g/mol. The Hall–Kier alpha value is -5.88. The highest BCUT2D eigenvalue weighted by Gasteiger charge is 2.24. The van der Waals surface area contributed by atoms with Gasteiger partial charge in [-0.25, -0.2) is 0 Å². The zero-order chi connectivity index (χ0) is 31.3. The molecular formula is C42H33N5. The van der Waals surface area contributed by atoms with E-state index in [1.165, 1.54) is 32.7 Å². The molecule has 47 heavy (non-hydrogen) atoms. The predicted molar refractivity (Wildman–Crippen MR) is 196 cm³/mol. The van der Waals surface area contributed by atoms with Gasteiger partial charge in [-0.1, -0.05) is 109 Å². The van der Waals surface area contributed by atoms with Gasteiger partial charge in [0.05, 0.1) is 16.6 Å². The van der Waals surface area contributed by atoms with Gasteiger partial charge >= 0.3 is 0 Å². The molecule has 226 valence electrons. The second-order valence-corrected chi connectivity index (χ2v) is 12.1. The average molecular weight is 608 g/mol. The van der Waals surface area contributed by atoms with E-state index >= 15 is 0 Å². The van der Waals surface area contributed by atoms with Crippen molar-refractivity contribution in [2.75, 3.05) is 0 Å². The van der Waals surface area contributed by atoms with E-state index in [1.807, 2.05) is 18.3 Å². The van der Waals surface area contributed by atoms with E-state index in [-0.39, 0.29) is 6.17 Å². The lowest BCUT2D eigenvalue weighted by molar-refractivity contribution is 0.391. The van der Waals surface area contributed by atoms with Gasteiger partial charge in [-0.05, 0) is 81.7 Å². The van der Waals surface area contributed by atoms with Crippen molar-refractivity contribution in [2.45, 2.75) is 12.5 Å². The quantitative estimate of drug-likeness (QED) is 0.165. The Morgan fingerprint density at radius 3 is 2.23 bits per heavy atom. The first-order chi connectivity index (χ1) is 23.2. The van der Waals surface area contributed by atoms with E-state index in [2.05, 4.69) is 166 Å². The zero-order valence-electron chi connectivity index (χ0n) is 25.7. The SMILES string of the molecule is NC(NC1NC=CC=C1c1ccc(-c2ccc3ccccc3c2)cc1)n1c2ccccc2c2ccc3c(ccn3-c3ccccc3)c21. The van der Waals surface area contributed by atoms with Gasteiger partial charge in [0, 0.05) is 28.0 Å². The van der Waals surface area contributed by atoms with Gasteiger partial charge in [0.2, 0.25) is 0 Å². The van der Waals surface area contributed by atoms with E-state index < -0.39 is 6.29 Å². The van der Waals surface area contributed by atoms with Crippen molar-refractivity contribution >= 4 is 49.1 Å². The number of nitrogens with zero attached hydrogens (tertiary/aromatic N) is 2. The van der Waals surface area contributed by atoms with Crippen molar-refractivity contribution in [3.63, 3.8) is 0 Å². The van der Waals surface area contributed by atoms with Crippen molar-refractivity contribution in [1.29, 1.82) is 0 Å². The Bertz CT molecular complexity index is 2480. The Morgan fingerprint density at radius 1 is 0.617 bits per heavy atom. The number of rotatable bonds is 6. The molecule has 1 aliphatic heterocycles. The van der Waals surface area contributed by atoms with E-state index in [1.54, 1.807) is 0 Å². The summed E-state index contributed by atoms with van der Waals surface area (Å²) in [5.41, 5.74) is 16.3. The summed E-state index contributed by atoms with van der Waals surface area (Å²) in [5.74, 6) is 0. The van der Waals surface area contributed by atoms with Gasteiger partial charge in [0.15, 0.2) is 0 Å². The molecule has 0 fully saturated rings. The molecule has 0 spiro atoms. The maximum atomic E-state index is 7.15. The maximum absolute atomic E-state index is 7.15. The van der Waals surface area contributed by atoms with Crippen molar-refractivity contribution in [3.05, 3.63) is 170 Å². The first-order valence-corrected chi connectivity index (χ1v) is 16.1. The molecule has 2 atom stereocenters. The van der Waals surface area contributed by atoms with Crippen LogP contribution in [0.3, 0.4) is 0 Å². The fourth-order valence-corrected chi connectivity index (χ4v) is 7.17. The van der Waals surface area contributed by atoms with E-state index in [0.29, 0.717) is 0 Å². The van der Waals surface area contributed by atoms with Crippen LogP contribution in [0.5, 0.6) is 0 Å². The molecule has 6 aromatic carbocycles. The van der Waals surface area contributed by atoms with E-state index in [9.17, 15) is 0 Å². The van der Waals surface area contributed by atoms with Gasteiger partial charge in [-0.3, -0.25) is 11.1 Å². The summed E-state index contributed by atoms with van der Waals surface area (Å²) >= 11 is 0. The molecule has 4 N–H and O–H groups in total. The fraction of sp³-hybridized carbons (Fsp3) is 0.0476. The lowest BCUT2D eigenvalue weighted by Gasteiger charge is -2.29. The molecule has 5 heteroatoms. The molecule has 0 bridgehead atoms. The first kappa shape index (κ1) is 27.4. The lowest BCUT2D eigenvalue weighted by Crippen LogP contribution is -2.48. The first-order valence-electron chi connectivity index (χ1n) is 16.1. The molecule has 3 heterocycles. The molecule has 8 aromatic rings. The van der Waals surface area contributed by atoms with Crippen molar-refractivity contribution in [2.24, 2.45) is 5.73 Å². The number of allylic oxidation sites excluding steroid dienone is 2. The summed E-state index contributed by atoms with van der Waals surface area (Å²) in [6, 6.07) is 49.6. The lowest BCUT2D eigenvalue weighted by atomic mass is 9.96. The number of benzene rings is 6. The maximum Gasteiger partial charge on any atom is 0.138 e. The highest BCUT2D eigenvalue weighted by Crippen LogP contribution is 2.37. The van der Waals surface area contributed by atoms with E-state index in [4.69, 9.17) is 5.73 Å². The molecule has 9 rings (SSSR count). The second kappa shape index (κ2) is 11.2. The number of nitrogens with two attached hydrogens (primary N) is 1. The highest BCUT2D eigenvalue weighted by molar-refractivity contribution is 6.17.